The van der Waals surface area contributed by atoms with E-state index in [1.165, 1.54) is 0 Å². The molecular weight excluding hydrogens is 232 g/mol. The standard InChI is InChI=1S/C12H14N4O2/c1-7-5-4-6-10(13-7)11(17)14-8(2)12-15-9(3)16-18-12/h4-6,8H,1-3H3,(H,14,17). The van der Waals surface area contributed by atoms with Gasteiger partial charge in [0.25, 0.3) is 5.91 Å². The molecule has 0 aliphatic rings. The van der Waals surface area contributed by atoms with Crippen molar-refractivity contribution in [2.45, 2.75) is 26.8 Å². The number of nitrogens with one attached hydrogen (secondary N) is 1. The molecule has 1 atom stereocenters. The van der Waals surface area contributed by atoms with E-state index in [1.54, 1.807) is 26.0 Å². The number of amides is 1. The summed E-state index contributed by atoms with van der Waals surface area (Å²) < 4.78 is 4.99. The summed E-state index contributed by atoms with van der Waals surface area (Å²) in [5.41, 5.74) is 1.17. The molecule has 1 unspecified atom stereocenters. The zero-order valence-corrected chi connectivity index (χ0v) is 10.5. The second kappa shape index (κ2) is 4.95. The van der Waals surface area contributed by atoms with E-state index in [0.717, 1.165) is 5.69 Å². The van der Waals surface area contributed by atoms with Crippen LogP contribution in [-0.4, -0.2) is 21.0 Å². The molecule has 1 amide bonds. The number of rotatable bonds is 3. The van der Waals surface area contributed by atoms with E-state index in [1.807, 2.05) is 13.0 Å². The largest absolute Gasteiger partial charge is 0.339 e. The average molecular weight is 246 g/mol. The number of pyridine rings is 1. The van der Waals surface area contributed by atoms with Crippen LogP contribution in [0.3, 0.4) is 0 Å². The van der Waals surface area contributed by atoms with Gasteiger partial charge < -0.3 is 9.84 Å². The Balaban J connectivity index is 2.08. The molecule has 0 aliphatic carbocycles. The highest BCUT2D eigenvalue weighted by Gasteiger charge is 2.17. The number of aryl methyl sites for hydroxylation is 2. The monoisotopic (exact) mass is 246 g/mol. The van der Waals surface area contributed by atoms with Crippen LogP contribution in [0.25, 0.3) is 0 Å². The second-order valence-corrected chi connectivity index (χ2v) is 4.04. The molecule has 0 radical (unpaired) electrons. The number of aromatic nitrogens is 3. The van der Waals surface area contributed by atoms with Gasteiger partial charge in [-0.2, -0.15) is 4.98 Å². The Kier molecular flexibility index (Phi) is 3.36. The lowest BCUT2D eigenvalue weighted by atomic mass is 10.2. The molecule has 0 spiro atoms. The molecule has 0 aromatic carbocycles. The molecule has 2 heterocycles. The Hall–Kier alpha value is -2.24. The summed E-state index contributed by atoms with van der Waals surface area (Å²) in [4.78, 5) is 20.1. The van der Waals surface area contributed by atoms with Gasteiger partial charge in [0.2, 0.25) is 5.89 Å². The van der Waals surface area contributed by atoms with E-state index >= 15 is 0 Å². The van der Waals surface area contributed by atoms with Gasteiger partial charge in [0, 0.05) is 5.69 Å². The van der Waals surface area contributed by atoms with E-state index in [9.17, 15) is 4.79 Å². The van der Waals surface area contributed by atoms with E-state index in [0.29, 0.717) is 17.4 Å². The van der Waals surface area contributed by atoms with Crippen LogP contribution in [-0.2, 0) is 0 Å². The predicted octanol–water partition coefficient (Wildman–Crippen LogP) is 1.57. The van der Waals surface area contributed by atoms with E-state index in [4.69, 9.17) is 4.52 Å². The first-order valence-electron chi connectivity index (χ1n) is 5.61. The van der Waals surface area contributed by atoms with Crippen LogP contribution in [0.4, 0.5) is 0 Å². The summed E-state index contributed by atoms with van der Waals surface area (Å²) in [7, 11) is 0. The highest BCUT2D eigenvalue weighted by molar-refractivity contribution is 5.92. The first-order valence-corrected chi connectivity index (χ1v) is 5.61. The number of carbonyl (C=O) groups excluding carboxylic acids is 1. The molecule has 94 valence electrons. The zero-order chi connectivity index (χ0) is 13.1. The lowest BCUT2D eigenvalue weighted by Crippen LogP contribution is -2.27. The minimum Gasteiger partial charge on any atom is -0.339 e. The molecular formula is C12H14N4O2. The Morgan fingerprint density at radius 1 is 1.33 bits per heavy atom. The van der Waals surface area contributed by atoms with Crippen LogP contribution < -0.4 is 5.32 Å². The van der Waals surface area contributed by atoms with Crippen LogP contribution in [0.1, 0.15) is 40.9 Å². The number of hydrogen-bond acceptors (Lipinski definition) is 5. The molecule has 2 aromatic heterocycles. The van der Waals surface area contributed by atoms with Crippen LogP contribution in [0.2, 0.25) is 0 Å². The van der Waals surface area contributed by atoms with Gasteiger partial charge >= 0.3 is 0 Å². The van der Waals surface area contributed by atoms with E-state index < -0.39 is 0 Å². The van der Waals surface area contributed by atoms with Gasteiger partial charge in [-0.05, 0) is 32.9 Å². The van der Waals surface area contributed by atoms with Crippen LogP contribution in [0.5, 0.6) is 0 Å². The smallest absolute Gasteiger partial charge is 0.270 e. The first kappa shape index (κ1) is 12.2. The van der Waals surface area contributed by atoms with Crippen LogP contribution in [0.15, 0.2) is 22.7 Å². The van der Waals surface area contributed by atoms with Crippen molar-refractivity contribution in [2.75, 3.05) is 0 Å². The van der Waals surface area contributed by atoms with Gasteiger partial charge in [-0.15, -0.1) is 0 Å². The quantitative estimate of drug-likeness (QED) is 0.889. The zero-order valence-electron chi connectivity index (χ0n) is 10.5. The number of nitrogens with zero attached hydrogens (tertiary/aromatic N) is 3. The van der Waals surface area contributed by atoms with Gasteiger partial charge in [0.1, 0.15) is 11.7 Å². The summed E-state index contributed by atoms with van der Waals surface area (Å²) in [6.45, 7) is 5.34. The molecule has 6 heteroatoms. The Labute approximate surface area is 104 Å². The minimum atomic E-state index is -0.346. The lowest BCUT2D eigenvalue weighted by molar-refractivity contribution is 0.0927. The molecule has 2 rings (SSSR count). The van der Waals surface area contributed by atoms with Crippen molar-refractivity contribution in [1.82, 2.24) is 20.4 Å². The fraction of sp³-hybridized carbons (Fsp3) is 0.333. The first-order chi connectivity index (χ1) is 8.56. The van der Waals surface area contributed by atoms with E-state index in [-0.39, 0.29) is 11.9 Å². The highest BCUT2D eigenvalue weighted by atomic mass is 16.5. The fourth-order valence-electron chi connectivity index (χ4n) is 1.49. The summed E-state index contributed by atoms with van der Waals surface area (Å²) >= 11 is 0. The predicted molar refractivity (Wildman–Crippen MR) is 63.9 cm³/mol. The lowest BCUT2D eigenvalue weighted by Gasteiger charge is -2.09. The Bertz CT molecular complexity index is 565. The second-order valence-electron chi connectivity index (χ2n) is 4.04. The van der Waals surface area contributed by atoms with Gasteiger partial charge in [0.15, 0.2) is 5.82 Å². The van der Waals surface area contributed by atoms with Crippen molar-refractivity contribution >= 4 is 5.91 Å². The molecule has 0 aliphatic heterocycles. The normalized spacial score (nSPS) is 12.2. The fourth-order valence-corrected chi connectivity index (χ4v) is 1.49. The van der Waals surface area contributed by atoms with Crippen molar-refractivity contribution in [3.63, 3.8) is 0 Å². The average Bonchev–Trinajstić information content (AvgIpc) is 2.76. The maximum Gasteiger partial charge on any atom is 0.270 e. The molecule has 0 saturated heterocycles. The third-order valence-electron chi connectivity index (χ3n) is 2.38. The molecule has 2 aromatic rings. The third-order valence-corrected chi connectivity index (χ3v) is 2.38. The number of hydrogen-bond donors (Lipinski definition) is 1. The summed E-state index contributed by atoms with van der Waals surface area (Å²) in [6.07, 6.45) is 0. The molecule has 0 saturated carbocycles. The SMILES string of the molecule is Cc1cccc(C(=O)NC(C)c2nc(C)no2)n1. The van der Waals surface area contributed by atoms with Gasteiger partial charge in [-0.25, -0.2) is 4.98 Å². The molecule has 0 bridgehead atoms. The van der Waals surface area contributed by atoms with E-state index in [2.05, 4.69) is 20.4 Å². The summed E-state index contributed by atoms with van der Waals surface area (Å²) in [5, 5.41) is 6.43. The van der Waals surface area contributed by atoms with Crippen LogP contribution >= 0.6 is 0 Å². The van der Waals surface area contributed by atoms with Crippen molar-refractivity contribution in [2.24, 2.45) is 0 Å². The molecule has 18 heavy (non-hydrogen) atoms. The maximum atomic E-state index is 11.9. The van der Waals surface area contributed by atoms with Gasteiger partial charge in [-0.3, -0.25) is 4.79 Å². The third kappa shape index (κ3) is 2.71. The van der Waals surface area contributed by atoms with Crippen LogP contribution in [0, 0.1) is 13.8 Å². The van der Waals surface area contributed by atoms with Crippen molar-refractivity contribution < 1.29 is 9.32 Å². The number of carbonyl (C=O) groups is 1. The topological polar surface area (TPSA) is 80.9 Å². The molecule has 0 fully saturated rings. The maximum absolute atomic E-state index is 11.9. The van der Waals surface area contributed by atoms with Crippen molar-refractivity contribution in [3.05, 3.63) is 41.3 Å². The van der Waals surface area contributed by atoms with Gasteiger partial charge in [0.05, 0.1) is 0 Å². The summed E-state index contributed by atoms with van der Waals surface area (Å²) in [5.74, 6) is 0.662. The summed E-state index contributed by atoms with van der Waals surface area (Å²) in [6, 6.07) is 4.94. The molecule has 1 N–H and O–H groups in total. The van der Waals surface area contributed by atoms with Gasteiger partial charge in [-0.1, -0.05) is 11.2 Å². The van der Waals surface area contributed by atoms with Crippen molar-refractivity contribution in [3.8, 4) is 0 Å². The Morgan fingerprint density at radius 2 is 2.11 bits per heavy atom. The van der Waals surface area contributed by atoms with Crippen molar-refractivity contribution in [1.29, 1.82) is 0 Å². The Morgan fingerprint density at radius 3 is 2.72 bits per heavy atom. The minimum absolute atomic E-state index is 0.262. The highest BCUT2D eigenvalue weighted by Crippen LogP contribution is 2.10. The molecule has 6 nitrogen and oxygen atoms in total.